The van der Waals surface area contributed by atoms with E-state index >= 15 is 0 Å². The van der Waals surface area contributed by atoms with E-state index in [2.05, 4.69) is 27.3 Å². The second-order valence-electron chi connectivity index (χ2n) is 6.27. The monoisotopic (exact) mass is 315 g/mol. The summed E-state index contributed by atoms with van der Waals surface area (Å²) >= 11 is 5.63. The first kappa shape index (κ1) is 15.5. The van der Waals surface area contributed by atoms with Crippen molar-refractivity contribution in [1.82, 2.24) is 15.2 Å². The van der Waals surface area contributed by atoms with Crippen molar-refractivity contribution < 1.29 is 0 Å². The van der Waals surface area contributed by atoms with Crippen LogP contribution in [0.3, 0.4) is 0 Å². The molecule has 1 aromatic heterocycles. The average Bonchev–Trinajstić information content (AvgIpc) is 3.39. The second-order valence-corrected chi connectivity index (χ2v) is 6.66. The lowest BCUT2D eigenvalue weighted by Gasteiger charge is -2.25. The van der Waals surface area contributed by atoms with Gasteiger partial charge in [0.05, 0.1) is 12.2 Å². The Hall–Kier alpha value is -1.42. The van der Waals surface area contributed by atoms with E-state index in [-0.39, 0.29) is 0 Å². The van der Waals surface area contributed by atoms with Gasteiger partial charge in [0.1, 0.15) is 0 Å². The predicted octanol–water partition coefficient (Wildman–Crippen LogP) is 3.81. The van der Waals surface area contributed by atoms with Crippen LogP contribution in [0.1, 0.15) is 50.6 Å². The molecule has 1 fully saturated rings. The van der Waals surface area contributed by atoms with Gasteiger partial charge in [-0.15, -0.1) is 0 Å². The van der Waals surface area contributed by atoms with Gasteiger partial charge < -0.3 is 10.2 Å². The molecule has 2 aliphatic rings. The second kappa shape index (κ2) is 7.73. The fraction of sp³-hybridized carbons (Fsp3) is 0.556. The molecule has 0 radical (unpaired) electrons. The summed E-state index contributed by atoms with van der Waals surface area (Å²) in [5.41, 5.74) is 2.69. The lowest BCUT2D eigenvalue weighted by molar-refractivity contribution is 0.391. The number of allylic oxidation sites excluding steroid dienone is 1. The van der Waals surface area contributed by atoms with E-state index in [4.69, 9.17) is 12.2 Å². The highest BCUT2D eigenvalue weighted by molar-refractivity contribution is 7.80. The van der Waals surface area contributed by atoms with Crippen LogP contribution in [0.15, 0.2) is 36.0 Å². The van der Waals surface area contributed by atoms with Crippen LogP contribution in [-0.2, 0) is 6.54 Å². The van der Waals surface area contributed by atoms with Crippen molar-refractivity contribution in [3.63, 3.8) is 0 Å². The molecule has 0 saturated heterocycles. The van der Waals surface area contributed by atoms with E-state index in [0.717, 1.165) is 30.3 Å². The molecule has 2 aliphatic carbocycles. The average molecular weight is 315 g/mol. The Morgan fingerprint density at radius 2 is 2.23 bits per heavy atom. The van der Waals surface area contributed by atoms with Crippen molar-refractivity contribution in [3.05, 3.63) is 41.7 Å². The molecule has 1 saturated carbocycles. The Morgan fingerprint density at radius 3 is 2.91 bits per heavy atom. The highest BCUT2D eigenvalue weighted by atomic mass is 32.1. The Kier molecular flexibility index (Phi) is 5.43. The molecule has 0 amide bonds. The van der Waals surface area contributed by atoms with Crippen molar-refractivity contribution in [2.45, 2.75) is 57.5 Å². The molecule has 0 bridgehead atoms. The van der Waals surface area contributed by atoms with Crippen molar-refractivity contribution in [1.29, 1.82) is 0 Å². The first-order chi connectivity index (χ1) is 10.8. The summed E-state index contributed by atoms with van der Waals surface area (Å²) in [4.78, 5) is 6.74. The zero-order chi connectivity index (χ0) is 15.2. The van der Waals surface area contributed by atoms with Gasteiger partial charge in [-0.3, -0.25) is 4.98 Å². The summed E-state index contributed by atoms with van der Waals surface area (Å²) in [6.45, 7) is 1.77. The summed E-state index contributed by atoms with van der Waals surface area (Å²) in [6, 6.07) is 6.68. The van der Waals surface area contributed by atoms with Gasteiger partial charge in [0.15, 0.2) is 5.11 Å². The Labute approximate surface area is 138 Å². The number of aromatic nitrogens is 1. The summed E-state index contributed by atoms with van der Waals surface area (Å²) in [7, 11) is 0. The minimum absolute atomic E-state index is 0.607. The smallest absolute Gasteiger partial charge is 0.169 e. The summed E-state index contributed by atoms with van der Waals surface area (Å²) in [5, 5.41) is 4.35. The SMILES string of the molecule is S=C(NCCC1=CCCCC1)N(Cc1ccccn1)C1CC1. The number of thiocarbonyl (C=S) groups is 1. The minimum atomic E-state index is 0.607. The first-order valence-electron chi connectivity index (χ1n) is 8.45. The summed E-state index contributed by atoms with van der Waals surface area (Å²) in [6.07, 6.45) is 13.1. The van der Waals surface area contributed by atoms with Crippen molar-refractivity contribution in [3.8, 4) is 0 Å². The van der Waals surface area contributed by atoms with E-state index in [0.29, 0.717) is 6.04 Å². The van der Waals surface area contributed by atoms with Gasteiger partial charge in [-0.05, 0) is 69.3 Å². The van der Waals surface area contributed by atoms with Gasteiger partial charge in [0.2, 0.25) is 0 Å². The van der Waals surface area contributed by atoms with E-state index in [1.165, 1.54) is 38.5 Å². The van der Waals surface area contributed by atoms with E-state index in [9.17, 15) is 0 Å². The third kappa shape index (κ3) is 4.54. The molecule has 118 valence electrons. The van der Waals surface area contributed by atoms with E-state index in [1.54, 1.807) is 5.57 Å². The van der Waals surface area contributed by atoms with Crippen molar-refractivity contribution in [2.24, 2.45) is 0 Å². The van der Waals surface area contributed by atoms with Gasteiger partial charge in [0, 0.05) is 18.8 Å². The Bertz CT molecular complexity index is 522. The predicted molar refractivity (Wildman–Crippen MR) is 94.6 cm³/mol. The highest BCUT2D eigenvalue weighted by Gasteiger charge is 2.30. The fourth-order valence-corrected chi connectivity index (χ4v) is 3.30. The fourth-order valence-electron chi connectivity index (χ4n) is 2.98. The van der Waals surface area contributed by atoms with E-state index in [1.807, 2.05) is 18.3 Å². The molecule has 4 heteroatoms. The van der Waals surface area contributed by atoms with Gasteiger partial charge in [0.25, 0.3) is 0 Å². The third-order valence-electron chi connectivity index (χ3n) is 4.41. The van der Waals surface area contributed by atoms with Crippen LogP contribution < -0.4 is 5.32 Å². The van der Waals surface area contributed by atoms with Gasteiger partial charge in [-0.1, -0.05) is 17.7 Å². The molecule has 0 aromatic carbocycles. The summed E-state index contributed by atoms with van der Waals surface area (Å²) in [5.74, 6) is 0. The number of hydrogen-bond acceptors (Lipinski definition) is 2. The lowest BCUT2D eigenvalue weighted by Crippen LogP contribution is -2.41. The molecule has 3 nitrogen and oxygen atoms in total. The van der Waals surface area contributed by atoms with Crippen LogP contribution >= 0.6 is 12.2 Å². The zero-order valence-corrected chi connectivity index (χ0v) is 13.9. The molecule has 0 aliphatic heterocycles. The number of hydrogen-bond donors (Lipinski definition) is 1. The topological polar surface area (TPSA) is 28.2 Å². The molecule has 0 atom stereocenters. The maximum atomic E-state index is 5.63. The molecular weight excluding hydrogens is 290 g/mol. The summed E-state index contributed by atoms with van der Waals surface area (Å²) < 4.78 is 0. The number of nitrogens with zero attached hydrogens (tertiary/aromatic N) is 2. The molecule has 0 unspecified atom stereocenters. The van der Waals surface area contributed by atoms with E-state index < -0.39 is 0 Å². The quantitative estimate of drug-likeness (QED) is 0.638. The normalized spacial score (nSPS) is 17.7. The number of nitrogens with one attached hydrogen (secondary N) is 1. The maximum Gasteiger partial charge on any atom is 0.169 e. The van der Waals surface area contributed by atoms with Crippen LogP contribution in [0.25, 0.3) is 0 Å². The van der Waals surface area contributed by atoms with Crippen LogP contribution in [0.4, 0.5) is 0 Å². The zero-order valence-electron chi connectivity index (χ0n) is 13.1. The van der Waals surface area contributed by atoms with Crippen molar-refractivity contribution in [2.75, 3.05) is 6.54 Å². The number of rotatable bonds is 6. The Morgan fingerprint density at radius 1 is 1.32 bits per heavy atom. The van der Waals surface area contributed by atoms with Crippen LogP contribution in [-0.4, -0.2) is 27.6 Å². The maximum absolute atomic E-state index is 5.63. The van der Waals surface area contributed by atoms with Crippen LogP contribution in [0.2, 0.25) is 0 Å². The Balaban J connectivity index is 1.49. The molecule has 0 spiro atoms. The van der Waals surface area contributed by atoms with Crippen molar-refractivity contribution >= 4 is 17.3 Å². The number of pyridine rings is 1. The molecule has 1 N–H and O–H groups in total. The van der Waals surface area contributed by atoms with Gasteiger partial charge in [-0.2, -0.15) is 0 Å². The highest BCUT2D eigenvalue weighted by Crippen LogP contribution is 2.28. The molecule has 1 heterocycles. The molecule has 3 rings (SSSR count). The minimum Gasteiger partial charge on any atom is -0.362 e. The van der Waals surface area contributed by atoms with Crippen LogP contribution in [0.5, 0.6) is 0 Å². The van der Waals surface area contributed by atoms with Gasteiger partial charge in [-0.25, -0.2) is 0 Å². The largest absolute Gasteiger partial charge is 0.362 e. The molecular formula is C18H25N3S. The first-order valence-corrected chi connectivity index (χ1v) is 8.86. The third-order valence-corrected chi connectivity index (χ3v) is 4.79. The standard InChI is InChI=1S/C18H25N3S/c22-18(20-13-11-15-6-2-1-3-7-15)21(17-9-10-17)14-16-8-4-5-12-19-16/h4-6,8,12,17H,1-3,7,9-11,13-14H2,(H,20,22). The molecule has 22 heavy (non-hydrogen) atoms. The van der Waals surface area contributed by atoms with Crippen LogP contribution in [0, 0.1) is 0 Å². The molecule has 1 aromatic rings. The lowest BCUT2D eigenvalue weighted by atomic mass is 9.97. The van der Waals surface area contributed by atoms with Gasteiger partial charge >= 0.3 is 0 Å².